The van der Waals surface area contributed by atoms with E-state index in [-0.39, 0.29) is 17.5 Å². The highest BCUT2D eigenvalue weighted by Gasteiger charge is 2.44. The Kier molecular flexibility index (Phi) is 6.56. The molecule has 2 unspecified atom stereocenters. The van der Waals surface area contributed by atoms with Gasteiger partial charge in [-0.25, -0.2) is 0 Å². The van der Waals surface area contributed by atoms with Gasteiger partial charge < -0.3 is 15.0 Å². The van der Waals surface area contributed by atoms with Crippen LogP contribution in [0.15, 0.2) is 60.9 Å². The number of alkyl halides is 3. The lowest BCUT2D eigenvalue weighted by Crippen LogP contribution is -2.47. The van der Waals surface area contributed by atoms with Crippen LogP contribution in [0.4, 0.5) is 18.9 Å². The summed E-state index contributed by atoms with van der Waals surface area (Å²) in [6, 6.07) is 11.4. The molecule has 0 radical (unpaired) electrons. The van der Waals surface area contributed by atoms with Gasteiger partial charge in [0.15, 0.2) is 0 Å². The monoisotopic (exact) mass is 486 g/mol. The van der Waals surface area contributed by atoms with E-state index in [1.54, 1.807) is 53.3 Å². The van der Waals surface area contributed by atoms with Gasteiger partial charge in [-0.15, -0.1) is 13.2 Å². The zero-order valence-corrected chi connectivity index (χ0v) is 19.4. The van der Waals surface area contributed by atoms with Crippen molar-refractivity contribution in [2.45, 2.75) is 32.2 Å². The second-order valence-electron chi connectivity index (χ2n) is 8.87. The first kappa shape index (κ1) is 24.3. The number of carbonyl (C=O) groups is 2. The third-order valence-corrected chi connectivity index (χ3v) is 5.68. The van der Waals surface area contributed by atoms with Gasteiger partial charge in [0.2, 0.25) is 5.91 Å². The first-order chi connectivity index (χ1) is 16.5. The molecule has 3 aromatic rings. The van der Waals surface area contributed by atoms with Crippen LogP contribution in [-0.2, 0) is 11.8 Å². The number of hydrogen-bond donors (Lipinski definition) is 1. The second kappa shape index (κ2) is 9.44. The van der Waals surface area contributed by atoms with E-state index in [1.165, 1.54) is 12.1 Å². The van der Waals surface area contributed by atoms with Crippen molar-refractivity contribution < 1.29 is 27.5 Å². The summed E-state index contributed by atoms with van der Waals surface area (Å²) < 4.78 is 43.6. The number of benzene rings is 2. The van der Waals surface area contributed by atoms with Crippen molar-refractivity contribution in [1.82, 2.24) is 14.7 Å². The molecule has 0 fully saturated rings. The number of anilines is 1. The van der Waals surface area contributed by atoms with Gasteiger partial charge in [0, 0.05) is 42.7 Å². The third-order valence-electron chi connectivity index (χ3n) is 5.68. The van der Waals surface area contributed by atoms with Gasteiger partial charge in [-0.1, -0.05) is 38.1 Å². The van der Waals surface area contributed by atoms with Gasteiger partial charge in [-0.05, 0) is 29.7 Å². The molecule has 1 aromatic heterocycles. The van der Waals surface area contributed by atoms with Gasteiger partial charge in [0.05, 0.1) is 18.2 Å². The van der Waals surface area contributed by atoms with Gasteiger partial charge in [-0.2, -0.15) is 5.10 Å². The maximum absolute atomic E-state index is 13.7. The number of aryl methyl sites for hydroxylation is 1. The number of rotatable bonds is 6. The minimum Gasteiger partial charge on any atom is -0.406 e. The van der Waals surface area contributed by atoms with Crippen LogP contribution >= 0.6 is 0 Å². The van der Waals surface area contributed by atoms with E-state index in [0.29, 0.717) is 23.2 Å². The molecule has 0 bridgehead atoms. The Hall–Kier alpha value is -3.82. The first-order valence-electron chi connectivity index (χ1n) is 11.1. The highest BCUT2D eigenvalue weighted by atomic mass is 19.4. The maximum Gasteiger partial charge on any atom is 0.573 e. The topological polar surface area (TPSA) is 76.5 Å². The zero-order valence-electron chi connectivity index (χ0n) is 19.4. The van der Waals surface area contributed by atoms with Gasteiger partial charge in [0.25, 0.3) is 5.91 Å². The number of nitrogens with zero attached hydrogens (tertiary/aromatic N) is 3. The lowest BCUT2D eigenvalue weighted by molar-refractivity contribution is -0.274. The zero-order chi connectivity index (χ0) is 25.3. The second-order valence-corrected chi connectivity index (χ2v) is 8.87. The van der Waals surface area contributed by atoms with Gasteiger partial charge in [0.1, 0.15) is 5.75 Å². The van der Waals surface area contributed by atoms with E-state index in [1.807, 2.05) is 13.8 Å². The molecule has 0 saturated heterocycles. The van der Waals surface area contributed by atoms with Crippen LogP contribution in [0.25, 0.3) is 0 Å². The van der Waals surface area contributed by atoms with E-state index >= 15 is 0 Å². The van der Waals surface area contributed by atoms with E-state index in [9.17, 15) is 22.8 Å². The van der Waals surface area contributed by atoms with Crippen LogP contribution in [0.5, 0.6) is 5.75 Å². The number of ether oxygens (including phenoxy) is 1. The average Bonchev–Trinajstić information content (AvgIpc) is 3.20. The number of hydrogen-bond acceptors (Lipinski definition) is 4. The fraction of sp³-hybridized carbons (Fsp3) is 0.320. The van der Waals surface area contributed by atoms with Crippen LogP contribution in [0.2, 0.25) is 0 Å². The fourth-order valence-corrected chi connectivity index (χ4v) is 4.42. The van der Waals surface area contributed by atoms with Crippen LogP contribution in [-0.4, -0.2) is 39.4 Å². The van der Waals surface area contributed by atoms with Crippen LogP contribution in [0.3, 0.4) is 0 Å². The van der Waals surface area contributed by atoms with E-state index < -0.39 is 30.0 Å². The molecule has 2 heterocycles. The molecule has 184 valence electrons. The Morgan fingerprint density at radius 1 is 1.17 bits per heavy atom. The highest BCUT2D eigenvalue weighted by molar-refractivity contribution is 6.04. The molecule has 0 saturated carbocycles. The summed E-state index contributed by atoms with van der Waals surface area (Å²) >= 11 is 0. The highest BCUT2D eigenvalue weighted by Crippen LogP contribution is 2.43. The van der Waals surface area contributed by atoms with Crippen LogP contribution < -0.4 is 10.1 Å². The number of aromatic nitrogens is 2. The molecule has 2 atom stereocenters. The summed E-state index contributed by atoms with van der Waals surface area (Å²) in [4.78, 5) is 28.9. The van der Waals surface area contributed by atoms with Crippen molar-refractivity contribution in [3.8, 4) is 5.75 Å². The van der Waals surface area contributed by atoms with Crippen molar-refractivity contribution in [2.24, 2.45) is 13.0 Å². The molecule has 1 aliphatic heterocycles. The van der Waals surface area contributed by atoms with Gasteiger partial charge >= 0.3 is 6.36 Å². The van der Waals surface area contributed by atoms with Crippen molar-refractivity contribution >= 4 is 17.5 Å². The molecular weight excluding hydrogens is 461 g/mol. The van der Waals surface area contributed by atoms with E-state index in [4.69, 9.17) is 0 Å². The molecule has 0 aliphatic carbocycles. The lowest BCUT2D eigenvalue weighted by atomic mass is 9.79. The van der Waals surface area contributed by atoms with Crippen molar-refractivity contribution in [3.63, 3.8) is 0 Å². The largest absolute Gasteiger partial charge is 0.573 e. The first-order valence-corrected chi connectivity index (χ1v) is 11.1. The normalized spacial score (nSPS) is 17.9. The number of halogens is 3. The molecule has 4 rings (SSSR count). The molecule has 35 heavy (non-hydrogen) atoms. The minimum atomic E-state index is -4.85. The van der Waals surface area contributed by atoms with Crippen molar-refractivity contribution in [2.75, 3.05) is 11.9 Å². The molecule has 1 aliphatic rings. The lowest BCUT2D eigenvalue weighted by Gasteiger charge is -2.42. The summed E-state index contributed by atoms with van der Waals surface area (Å²) in [6.45, 7) is 4.37. The molecule has 2 aromatic carbocycles. The molecule has 10 heteroatoms. The quantitative estimate of drug-likeness (QED) is 0.538. The number of nitrogens with one attached hydrogen (secondary N) is 1. The molecule has 1 N–H and O–H groups in total. The van der Waals surface area contributed by atoms with Crippen molar-refractivity contribution in [1.29, 1.82) is 0 Å². The SMILES string of the molecule is CC(C)CN1C(=O)c2ccccc2C(C(=O)Nc2cccc(OC(F)(F)F)c2)C1c1cnn(C)c1. The summed E-state index contributed by atoms with van der Waals surface area (Å²) in [6.07, 6.45) is -1.47. The van der Waals surface area contributed by atoms with Crippen LogP contribution in [0.1, 0.15) is 47.3 Å². The van der Waals surface area contributed by atoms with Crippen LogP contribution in [0, 0.1) is 5.92 Å². The Bertz CT molecular complexity index is 1240. The summed E-state index contributed by atoms with van der Waals surface area (Å²) in [7, 11) is 1.75. The van der Waals surface area contributed by atoms with E-state index in [0.717, 1.165) is 12.1 Å². The Morgan fingerprint density at radius 2 is 1.91 bits per heavy atom. The Labute approximate surface area is 200 Å². The number of carbonyl (C=O) groups excluding carboxylic acids is 2. The van der Waals surface area contributed by atoms with Gasteiger partial charge in [-0.3, -0.25) is 14.3 Å². The summed E-state index contributed by atoms with van der Waals surface area (Å²) in [5.41, 5.74) is 1.80. The minimum absolute atomic E-state index is 0.128. The molecule has 0 spiro atoms. The predicted molar refractivity (Wildman–Crippen MR) is 123 cm³/mol. The van der Waals surface area contributed by atoms with E-state index in [2.05, 4.69) is 15.2 Å². The average molecular weight is 486 g/mol. The fourth-order valence-electron chi connectivity index (χ4n) is 4.42. The molecule has 7 nitrogen and oxygen atoms in total. The Balaban J connectivity index is 1.76. The third kappa shape index (κ3) is 5.31. The number of fused-ring (bicyclic) bond motifs is 1. The summed E-state index contributed by atoms with van der Waals surface area (Å²) in [5.74, 6) is -1.79. The standard InChI is InChI=1S/C25H25F3N4O3/c1-15(2)13-32-22(16-12-29-31(3)14-16)21(19-9-4-5-10-20(19)24(32)34)23(33)30-17-7-6-8-18(11-17)35-25(26,27)28/h4-12,14-15,21-22H,13H2,1-3H3,(H,30,33). The maximum atomic E-state index is 13.7. The molecule has 2 amide bonds. The molecular formula is C25H25F3N4O3. The number of amides is 2. The summed E-state index contributed by atoms with van der Waals surface area (Å²) in [5, 5.41) is 6.96. The smallest absolute Gasteiger partial charge is 0.406 e. The Morgan fingerprint density at radius 3 is 2.57 bits per heavy atom. The predicted octanol–water partition coefficient (Wildman–Crippen LogP) is 4.89. The van der Waals surface area contributed by atoms with Crippen molar-refractivity contribution in [3.05, 3.63) is 77.6 Å².